The minimum absolute atomic E-state index is 0.474. The summed E-state index contributed by atoms with van der Waals surface area (Å²) in [6, 6.07) is 9.65. The number of nitrogens with zero attached hydrogens (tertiary/aromatic N) is 3. The molecule has 0 saturated heterocycles. The van der Waals surface area contributed by atoms with Crippen molar-refractivity contribution in [2.45, 2.75) is 6.42 Å². The van der Waals surface area contributed by atoms with Gasteiger partial charge in [0, 0.05) is 6.42 Å². The highest BCUT2D eigenvalue weighted by Gasteiger charge is 2.09. The fourth-order valence-electron chi connectivity index (χ4n) is 1.70. The van der Waals surface area contributed by atoms with Gasteiger partial charge in [-0.05, 0) is 12.1 Å². The van der Waals surface area contributed by atoms with Gasteiger partial charge in [0.25, 0.3) is 0 Å². The number of aldehydes is 1. The zero-order valence-corrected chi connectivity index (χ0v) is 10.8. The third-order valence-electron chi connectivity index (χ3n) is 2.60. The Morgan fingerprint density at radius 3 is 2.95 bits per heavy atom. The van der Waals surface area contributed by atoms with Crippen LogP contribution in [0.3, 0.4) is 0 Å². The molecule has 0 atom stereocenters. The number of ether oxygens (including phenoxy) is 1. The Hall–Kier alpha value is -2.21. The molecular formula is C13H11N3O2S. The van der Waals surface area contributed by atoms with Crippen LogP contribution in [-0.2, 0) is 6.42 Å². The molecule has 0 aliphatic carbocycles. The van der Waals surface area contributed by atoms with E-state index in [1.165, 1.54) is 17.5 Å². The number of hydrogen-bond donors (Lipinski definition) is 0. The van der Waals surface area contributed by atoms with E-state index in [1.807, 2.05) is 30.3 Å². The first-order valence-corrected chi connectivity index (χ1v) is 6.65. The van der Waals surface area contributed by atoms with Crippen molar-refractivity contribution in [2.75, 3.05) is 6.61 Å². The van der Waals surface area contributed by atoms with Gasteiger partial charge in [-0.15, -0.1) is 0 Å². The lowest BCUT2D eigenvalue weighted by Gasteiger charge is -2.03. The third-order valence-corrected chi connectivity index (χ3v) is 3.58. The maximum Gasteiger partial charge on any atom is 0.212 e. The molecule has 0 fully saturated rings. The Kier molecular flexibility index (Phi) is 3.24. The van der Waals surface area contributed by atoms with Gasteiger partial charge in [0.2, 0.25) is 4.96 Å². The number of hydrogen-bond acceptors (Lipinski definition) is 5. The van der Waals surface area contributed by atoms with Crippen LogP contribution < -0.4 is 4.74 Å². The molecule has 19 heavy (non-hydrogen) atoms. The second kappa shape index (κ2) is 5.19. The number of carbonyl (C=O) groups excluding carboxylic acids is 1. The highest BCUT2D eigenvalue weighted by molar-refractivity contribution is 7.16. The lowest BCUT2D eigenvalue weighted by Crippen LogP contribution is -2.02. The summed E-state index contributed by atoms with van der Waals surface area (Å²) in [5.41, 5.74) is 0.474. The first-order chi connectivity index (χ1) is 9.36. The Bertz CT molecular complexity index is 690. The maximum atomic E-state index is 10.8. The first-order valence-electron chi connectivity index (χ1n) is 5.83. The van der Waals surface area contributed by atoms with Gasteiger partial charge < -0.3 is 4.74 Å². The predicted octanol–water partition coefficient (Wildman–Crippen LogP) is 2.22. The average molecular weight is 273 g/mol. The molecule has 6 heteroatoms. The molecule has 0 unspecified atom stereocenters. The molecule has 1 aromatic carbocycles. The minimum Gasteiger partial charge on any atom is -0.493 e. The Morgan fingerprint density at radius 2 is 2.16 bits per heavy atom. The first kappa shape index (κ1) is 11.9. The van der Waals surface area contributed by atoms with Crippen molar-refractivity contribution in [2.24, 2.45) is 0 Å². The standard InChI is InChI=1S/C13H11N3O2S/c17-9-10-8-14-13-16(10)15-12(19-13)6-7-18-11-4-2-1-3-5-11/h1-5,8-9H,6-7H2. The molecule has 0 aliphatic rings. The molecule has 2 aromatic heterocycles. The lowest BCUT2D eigenvalue weighted by molar-refractivity contribution is 0.111. The van der Waals surface area contributed by atoms with Gasteiger partial charge in [0.15, 0.2) is 6.29 Å². The van der Waals surface area contributed by atoms with Crippen LogP contribution >= 0.6 is 11.3 Å². The van der Waals surface area contributed by atoms with Crippen LogP contribution in [0.25, 0.3) is 4.96 Å². The van der Waals surface area contributed by atoms with E-state index in [9.17, 15) is 4.79 Å². The summed E-state index contributed by atoms with van der Waals surface area (Å²) in [6.07, 6.45) is 2.97. The fourth-order valence-corrected chi connectivity index (χ4v) is 2.56. The van der Waals surface area contributed by atoms with Crippen LogP contribution in [0.4, 0.5) is 0 Å². The van der Waals surface area contributed by atoms with Crippen molar-refractivity contribution in [3.05, 3.63) is 47.2 Å². The molecule has 96 valence electrons. The van der Waals surface area contributed by atoms with Crippen molar-refractivity contribution in [3.8, 4) is 5.75 Å². The Labute approximate surface area is 113 Å². The van der Waals surface area contributed by atoms with Crippen molar-refractivity contribution in [3.63, 3.8) is 0 Å². The van der Waals surface area contributed by atoms with E-state index < -0.39 is 0 Å². The number of para-hydroxylation sites is 1. The van der Waals surface area contributed by atoms with E-state index in [4.69, 9.17) is 4.74 Å². The van der Waals surface area contributed by atoms with Gasteiger partial charge in [-0.25, -0.2) is 9.50 Å². The second-order valence-electron chi connectivity index (χ2n) is 3.90. The summed E-state index contributed by atoms with van der Waals surface area (Å²) in [4.78, 5) is 15.6. The molecule has 2 heterocycles. The van der Waals surface area contributed by atoms with Crippen molar-refractivity contribution >= 4 is 22.6 Å². The van der Waals surface area contributed by atoms with E-state index in [1.54, 1.807) is 4.52 Å². The highest BCUT2D eigenvalue weighted by Crippen LogP contribution is 2.16. The number of imidazole rings is 1. The topological polar surface area (TPSA) is 56.5 Å². The van der Waals surface area contributed by atoms with Crippen molar-refractivity contribution in [1.82, 2.24) is 14.6 Å². The molecule has 0 radical (unpaired) electrons. The smallest absolute Gasteiger partial charge is 0.212 e. The SMILES string of the molecule is O=Cc1cnc2sc(CCOc3ccccc3)nn12. The number of fused-ring (bicyclic) bond motifs is 1. The van der Waals surface area contributed by atoms with E-state index in [2.05, 4.69) is 10.1 Å². The van der Waals surface area contributed by atoms with E-state index in [-0.39, 0.29) is 0 Å². The monoisotopic (exact) mass is 273 g/mol. The number of rotatable bonds is 5. The normalized spacial score (nSPS) is 10.7. The van der Waals surface area contributed by atoms with Crippen molar-refractivity contribution < 1.29 is 9.53 Å². The number of benzene rings is 1. The average Bonchev–Trinajstić information content (AvgIpc) is 2.99. The number of aromatic nitrogens is 3. The van der Waals surface area contributed by atoms with Gasteiger partial charge in [0.05, 0.1) is 12.8 Å². The summed E-state index contributed by atoms with van der Waals surface area (Å²) in [6.45, 7) is 0.553. The zero-order chi connectivity index (χ0) is 13.1. The Morgan fingerprint density at radius 1 is 1.32 bits per heavy atom. The summed E-state index contributed by atoms with van der Waals surface area (Å²) in [7, 11) is 0. The van der Waals surface area contributed by atoms with Crippen LogP contribution in [0.15, 0.2) is 36.5 Å². The van der Waals surface area contributed by atoms with Gasteiger partial charge in [0.1, 0.15) is 16.5 Å². The summed E-state index contributed by atoms with van der Waals surface area (Å²) in [5, 5.41) is 5.24. The molecule has 3 aromatic rings. The lowest BCUT2D eigenvalue weighted by atomic mass is 10.3. The summed E-state index contributed by atoms with van der Waals surface area (Å²) >= 11 is 1.47. The van der Waals surface area contributed by atoms with Crippen LogP contribution in [0.5, 0.6) is 5.75 Å². The molecule has 0 aliphatic heterocycles. The van der Waals surface area contributed by atoms with Crippen LogP contribution in [0.2, 0.25) is 0 Å². The Balaban J connectivity index is 1.65. The molecule has 3 rings (SSSR count). The molecule has 0 N–H and O–H groups in total. The molecule has 0 amide bonds. The van der Waals surface area contributed by atoms with E-state index >= 15 is 0 Å². The maximum absolute atomic E-state index is 10.8. The minimum atomic E-state index is 0.474. The summed E-state index contributed by atoms with van der Waals surface area (Å²) in [5.74, 6) is 0.845. The van der Waals surface area contributed by atoms with Crippen molar-refractivity contribution in [1.29, 1.82) is 0 Å². The summed E-state index contributed by atoms with van der Waals surface area (Å²) < 4.78 is 7.17. The third kappa shape index (κ3) is 2.48. The number of carbonyl (C=O) groups is 1. The van der Waals surface area contributed by atoms with Gasteiger partial charge >= 0.3 is 0 Å². The fraction of sp³-hybridized carbons (Fsp3) is 0.154. The van der Waals surface area contributed by atoms with E-state index in [0.717, 1.165) is 22.0 Å². The largest absolute Gasteiger partial charge is 0.493 e. The van der Waals surface area contributed by atoms with Gasteiger partial charge in [-0.1, -0.05) is 29.5 Å². The molecule has 0 saturated carbocycles. The van der Waals surface area contributed by atoms with Crippen LogP contribution in [0, 0.1) is 0 Å². The highest BCUT2D eigenvalue weighted by atomic mass is 32.1. The van der Waals surface area contributed by atoms with E-state index in [0.29, 0.717) is 18.7 Å². The zero-order valence-electron chi connectivity index (χ0n) is 10.0. The quantitative estimate of drug-likeness (QED) is 0.669. The molecule has 0 bridgehead atoms. The van der Waals surface area contributed by atoms with Crippen LogP contribution in [0.1, 0.15) is 15.5 Å². The van der Waals surface area contributed by atoms with Gasteiger partial charge in [-0.3, -0.25) is 4.79 Å². The molecule has 0 spiro atoms. The second-order valence-corrected chi connectivity index (χ2v) is 4.94. The van der Waals surface area contributed by atoms with Crippen LogP contribution in [-0.4, -0.2) is 27.5 Å². The van der Waals surface area contributed by atoms with Gasteiger partial charge in [-0.2, -0.15) is 5.10 Å². The molecular weight excluding hydrogens is 262 g/mol. The molecule has 5 nitrogen and oxygen atoms in total. The predicted molar refractivity (Wildman–Crippen MR) is 71.9 cm³/mol.